The number of sulfonamides is 1. The molecule has 0 radical (unpaired) electrons. The standard InChI is InChI=1S/C25H28N6O5S/c1-2-36-23-14-27-13-20(29-23)16-6-9-19(28-12-16)18-15-35-11-10-25(18,24(26)32)21-4-3-5-22(30-21)31-37(33,34)17-7-8-17/h3-6,9,12-14,17-18H,2,7-8,10-11,15H2,1H3,(H2,26,32)(H,30,31). The molecule has 37 heavy (non-hydrogen) atoms. The Hall–Kier alpha value is -3.64. The lowest BCUT2D eigenvalue weighted by Gasteiger charge is -2.40. The maximum absolute atomic E-state index is 13.1. The van der Waals surface area contributed by atoms with E-state index in [1.54, 1.807) is 42.9 Å². The topological polar surface area (TPSA) is 159 Å². The maximum Gasteiger partial charge on any atom is 0.236 e. The molecule has 2 unspecified atom stereocenters. The summed E-state index contributed by atoms with van der Waals surface area (Å²) in [5, 5.41) is -0.402. The van der Waals surface area contributed by atoms with Crippen molar-refractivity contribution in [2.45, 2.75) is 42.8 Å². The fourth-order valence-corrected chi connectivity index (χ4v) is 5.96. The molecule has 0 spiro atoms. The molecule has 12 heteroatoms. The molecule has 11 nitrogen and oxygen atoms in total. The van der Waals surface area contributed by atoms with Crippen molar-refractivity contribution in [1.82, 2.24) is 19.9 Å². The summed E-state index contributed by atoms with van der Waals surface area (Å²) < 4.78 is 38.7. The molecule has 3 N–H and O–H groups in total. The van der Waals surface area contributed by atoms with Gasteiger partial charge in [-0.05, 0) is 50.5 Å². The minimum absolute atomic E-state index is 0.159. The van der Waals surface area contributed by atoms with E-state index in [2.05, 4.69) is 24.7 Å². The Morgan fingerprint density at radius 2 is 2.03 bits per heavy atom. The Morgan fingerprint density at radius 1 is 1.19 bits per heavy atom. The fourth-order valence-electron chi connectivity index (χ4n) is 4.63. The van der Waals surface area contributed by atoms with Gasteiger partial charge in [0.2, 0.25) is 21.8 Å². The van der Waals surface area contributed by atoms with E-state index in [1.165, 1.54) is 0 Å². The molecule has 2 atom stereocenters. The van der Waals surface area contributed by atoms with Gasteiger partial charge < -0.3 is 15.2 Å². The van der Waals surface area contributed by atoms with Crippen LogP contribution in [-0.4, -0.2) is 59.3 Å². The molecule has 4 heterocycles. The van der Waals surface area contributed by atoms with Crippen LogP contribution in [0.25, 0.3) is 11.3 Å². The Kier molecular flexibility index (Phi) is 6.78. The van der Waals surface area contributed by atoms with Crippen molar-refractivity contribution in [2.75, 3.05) is 24.5 Å². The number of rotatable bonds is 9. The van der Waals surface area contributed by atoms with Gasteiger partial charge in [-0.3, -0.25) is 19.5 Å². The van der Waals surface area contributed by atoms with Crippen molar-refractivity contribution in [2.24, 2.45) is 5.73 Å². The quantitative estimate of drug-likeness (QED) is 0.427. The lowest BCUT2D eigenvalue weighted by atomic mass is 9.67. The fraction of sp³-hybridized carbons (Fsp3) is 0.400. The van der Waals surface area contributed by atoms with E-state index in [0.29, 0.717) is 49.0 Å². The molecule has 1 aliphatic carbocycles. The van der Waals surface area contributed by atoms with Gasteiger partial charge >= 0.3 is 0 Å². The molecular formula is C25H28N6O5S. The van der Waals surface area contributed by atoms with Gasteiger partial charge in [-0.25, -0.2) is 18.4 Å². The molecule has 3 aromatic heterocycles. The molecule has 0 bridgehead atoms. The zero-order chi connectivity index (χ0) is 26.0. The number of nitrogens with one attached hydrogen (secondary N) is 1. The van der Waals surface area contributed by atoms with Crippen LogP contribution in [0, 0.1) is 0 Å². The van der Waals surface area contributed by atoms with Gasteiger partial charge in [0.05, 0.1) is 42.2 Å². The summed E-state index contributed by atoms with van der Waals surface area (Å²) in [6, 6.07) is 8.58. The van der Waals surface area contributed by atoms with Gasteiger partial charge in [-0.15, -0.1) is 0 Å². The zero-order valence-electron chi connectivity index (χ0n) is 20.3. The van der Waals surface area contributed by atoms with Crippen molar-refractivity contribution in [1.29, 1.82) is 0 Å². The number of ether oxygens (including phenoxy) is 2. The number of carbonyl (C=O) groups is 1. The highest BCUT2D eigenvalue weighted by Gasteiger charge is 2.50. The monoisotopic (exact) mass is 524 g/mol. The van der Waals surface area contributed by atoms with Crippen LogP contribution < -0.4 is 15.2 Å². The molecule has 2 fully saturated rings. The van der Waals surface area contributed by atoms with Crippen molar-refractivity contribution in [3.05, 3.63) is 60.3 Å². The average molecular weight is 525 g/mol. The van der Waals surface area contributed by atoms with Crippen LogP contribution in [0.2, 0.25) is 0 Å². The van der Waals surface area contributed by atoms with Crippen LogP contribution in [0.3, 0.4) is 0 Å². The van der Waals surface area contributed by atoms with Crippen LogP contribution in [0.5, 0.6) is 5.88 Å². The average Bonchev–Trinajstić information content (AvgIpc) is 3.76. The minimum atomic E-state index is -3.52. The second kappa shape index (κ2) is 10.0. The highest BCUT2D eigenvalue weighted by atomic mass is 32.2. The number of primary amides is 1. The molecule has 0 aromatic carbocycles. The summed E-state index contributed by atoms with van der Waals surface area (Å²) in [5.74, 6) is -0.528. The Bertz CT molecular complexity index is 1400. The van der Waals surface area contributed by atoms with E-state index in [9.17, 15) is 13.2 Å². The second-order valence-corrected chi connectivity index (χ2v) is 11.1. The Morgan fingerprint density at radius 3 is 2.73 bits per heavy atom. The van der Waals surface area contributed by atoms with E-state index in [1.807, 2.05) is 13.0 Å². The number of aromatic nitrogens is 4. The first kappa shape index (κ1) is 25.0. The van der Waals surface area contributed by atoms with Crippen LogP contribution in [0.1, 0.15) is 43.5 Å². The third-order valence-electron chi connectivity index (χ3n) is 6.72. The van der Waals surface area contributed by atoms with E-state index >= 15 is 0 Å². The molecule has 1 saturated carbocycles. The molecule has 1 aliphatic heterocycles. The summed E-state index contributed by atoms with van der Waals surface area (Å²) >= 11 is 0. The van der Waals surface area contributed by atoms with Crippen LogP contribution in [0.15, 0.2) is 48.9 Å². The summed E-state index contributed by atoms with van der Waals surface area (Å²) in [6.07, 6.45) is 6.36. The van der Waals surface area contributed by atoms with E-state index in [0.717, 1.165) is 5.56 Å². The van der Waals surface area contributed by atoms with Gasteiger partial charge in [0.1, 0.15) is 11.2 Å². The van der Waals surface area contributed by atoms with Gasteiger partial charge in [0.15, 0.2) is 0 Å². The summed E-state index contributed by atoms with van der Waals surface area (Å²) in [5.41, 5.74) is 7.11. The summed E-state index contributed by atoms with van der Waals surface area (Å²) in [6.45, 7) is 2.85. The van der Waals surface area contributed by atoms with Crippen LogP contribution >= 0.6 is 0 Å². The largest absolute Gasteiger partial charge is 0.477 e. The number of nitrogens with two attached hydrogens (primary N) is 1. The Balaban J connectivity index is 1.48. The van der Waals surface area contributed by atoms with Crippen molar-refractivity contribution in [3.8, 4) is 17.1 Å². The number of anilines is 1. The van der Waals surface area contributed by atoms with E-state index < -0.39 is 32.5 Å². The zero-order valence-corrected chi connectivity index (χ0v) is 21.1. The van der Waals surface area contributed by atoms with Crippen molar-refractivity contribution in [3.63, 3.8) is 0 Å². The SMILES string of the molecule is CCOc1cncc(-c2ccc(C3COCCC3(C(N)=O)c3cccc(NS(=O)(=O)C4CC4)n3)nc2)n1. The summed E-state index contributed by atoms with van der Waals surface area (Å²) in [7, 11) is -3.52. The third kappa shape index (κ3) is 4.98. The molecule has 1 saturated heterocycles. The number of carbonyl (C=O) groups excluding carboxylic acids is 1. The number of hydrogen-bond donors (Lipinski definition) is 2. The first-order valence-corrected chi connectivity index (χ1v) is 13.7. The highest BCUT2D eigenvalue weighted by molar-refractivity contribution is 7.93. The predicted octanol–water partition coefficient (Wildman–Crippen LogP) is 2.16. The lowest BCUT2D eigenvalue weighted by Crippen LogP contribution is -2.51. The molecular weight excluding hydrogens is 496 g/mol. The Labute approximate surface area is 214 Å². The van der Waals surface area contributed by atoms with Gasteiger partial charge in [-0.2, -0.15) is 0 Å². The smallest absolute Gasteiger partial charge is 0.236 e. The predicted molar refractivity (Wildman–Crippen MR) is 135 cm³/mol. The number of amides is 1. The minimum Gasteiger partial charge on any atom is -0.477 e. The lowest BCUT2D eigenvalue weighted by molar-refractivity contribution is -0.128. The second-order valence-electron chi connectivity index (χ2n) is 9.11. The van der Waals surface area contributed by atoms with E-state index in [4.69, 9.17) is 15.2 Å². The number of pyridine rings is 2. The molecule has 194 valence electrons. The molecule has 3 aromatic rings. The molecule has 1 amide bonds. The number of nitrogens with zero attached hydrogens (tertiary/aromatic N) is 4. The van der Waals surface area contributed by atoms with Crippen LogP contribution in [0.4, 0.5) is 5.82 Å². The molecule has 2 aliphatic rings. The third-order valence-corrected chi connectivity index (χ3v) is 8.56. The van der Waals surface area contributed by atoms with Gasteiger partial charge in [0.25, 0.3) is 0 Å². The first-order valence-electron chi connectivity index (χ1n) is 12.1. The maximum atomic E-state index is 13.1. The number of hydrogen-bond acceptors (Lipinski definition) is 9. The first-order chi connectivity index (χ1) is 17.8. The normalized spacial score (nSPS) is 21.8. The van der Waals surface area contributed by atoms with E-state index in [-0.39, 0.29) is 18.8 Å². The summed E-state index contributed by atoms with van der Waals surface area (Å²) in [4.78, 5) is 30.9. The molecule has 5 rings (SSSR count). The van der Waals surface area contributed by atoms with Gasteiger partial charge in [0, 0.05) is 30.0 Å². The van der Waals surface area contributed by atoms with Gasteiger partial charge in [-0.1, -0.05) is 6.07 Å². The van der Waals surface area contributed by atoms with Crippen molar-refractivity contribution < 1.29 is 22.7 Å². The van der Waals surface area contributed by atoms with Crippen molar-refractivity contribution >= 4 is 21.7 Å². The van der Waals surface area contributed by atoms with Crippen LogP contribution in [-0.2, 0) is 25.0 Å². The highest BCUT2D eigenvalue weighted by Crippen LogP contribution is 2.44.